The molecule has 1 amide bonds. The first kappa shape index (κ1) is 16.9. The van der Waals surface area contributed by atoms with E-state index >= 15 is 0 Å². The van der Waals surface area contributed by atoms with Crippen LogP contribution in [0.2, 0.25) is 5.02 Å². The van der Waals surface area contributed by atoms with Gasteiger partial charge in [-0.15, -0.1) is 11.3 Å². The van der Waals surface area contributed by atoms with E-state index in [0.29, 0.717) is 13.1 Å². The first-order chi connectivity index (χ1) is 10.4. The van der Waals surface area contributed by atoms with Crippen molar-refractivity contribution < 1.29 is 4.79 Å². The van der Waals surface area contributed by atoms with Gasteiger partial charge in [0.1, 0.15) is 5.01 Å². The summed E-state index contributed by atoms with van der Waals surface area (Å²) in [6.45, 7) is 4.93. The Hall–Kier alpha value is -1.43. The van der Waals surface area contributed by atoms with Crippen LogP contribution in [0.15, 0.2) is 29.6 Å². The van der Waals surface area contributed by atoms with E-state index in [-0.39, 0.29) is 11.9 Å². The van der Waals surface area contributed by atoms with Crippen LogP contribution in [-0.2, 0) is 11.3 Å². The van der Waals surface area contributed by atoms with Gasteiger partial charge in [0, 0.05) is 28.6 Å². The van der Waals surface area contributed by atoms with Crippen LogP contribution in [0.25, 0.3) is 10.6 Å². The van der Waals surface area contributed by atoms with Gasteiger partial charge in [-0.25, -0.2) is 4.98 Å². The molecule has 1 aromatic heterocycles. The maximum atomic E-state index is 11.7. The molecule has 6 heteroatoms. The smallest absolute Gasteiger partial charge is 0.234 e. The third-order valence-corrected chi connectivity index (χ3v) is 4.13. The van der Waals surface area contributed by atoms with Gasteiger partial charge in [-0.05, 0) is 33.0 Å². The van der Waals surface area contributed by atoms with Gasteiger partial charge >= 0.3 is 0 Å². The highest BCUT2D eigenvalue weighted by Gasteiger charge is 2.11. The predicted octanol–water partition coefficient (Wildman–Crippen LogP) is 3.42. The Morgan fingerprint density at radius 1 is 1.36 bits per heavy atom. The van der Waals surface area contributed by atoms with E-state index in [1.807, 2.05) is 55.4 Å². The molecule has 4 nitrogen and oxygen atoms in total. The molecule has 0 atom stereocenters. The summed E-state index contributed by atoms with van der Waals surface area (Å²) in [5.41, 5.74) is 2.02. The number of amides is 1. The average Bonchev–Trinajstić information content (AvgIpc) is 2.86. The third-order valence-electron chi connectivity index (χ3n) is 2.94. The molecule has 0 bridgehead atoms. The summed E-state index contributed by atoms with van der Waals surface area (Å²) in [5, 5.41) is 6.60. The number of nitrogens with one attached hydrogen (secondary N) is 1. The summed E-state index contributed by atoms with van der Waals surface area (Å²) >= 11 is 7.49. The molecule has 22 heavy (non-hydrogen) atoms. The second-order valence-electron chi connectivity index (χ2n) is 5.55. The lowest BCUT2D eigenvalue weighted by Crippen LogP contribution is -2.38. The van der Waals surface area contributed by atoms with E-state index in [9.17, 15) is 4.79 Å². The Labute approximate surface area is 140 Å². The summed E-state index contributed by atoms with van der Waals surface area (Å²) in [5.74, 6) is 0.0330. The summed E-state index contributed by atoms with van der Waals surface area (Å²) in [4.78, 5) is 18.3. The lowest BCUT2D eigenvalue weighted by atomic mass is 10.2. The molecule has 1 aromatic carbocycles. The Kier molecular flexibility index (Phi) is 5.94. The van der Waals surface area contributed by atoms with E-state index in [4.69, 9.17) is 11.6 Å². The van der Waals surface area contributed by atoms with Crippen molar-refractivity contribution in [3.05, 3.63) is 40.4 Å². The van der Waals surface area contributed by atoms with Crippen LogP contribution in [0.5, 0.6) is 0 Å². The molecule has 0 spiro atoms. The van der Waals surface area contributed by atoms with Crippen molar-refractivity contribution in [1.82, 2.24) is 15.2 Å². The van der Waals surface area contributed by atoms with Crippen LogP contribution in [0.3, 0.4) is 0 Å². The zero-order chi connectivity index (χ0) is 16.1. The third kappa shape index (κ3) is 5.09. The number of rotatable bonds is 6. The summed E-state index contributed by atoms with van der Waals surface area (Å²) in [6.07, 6.45) is 0. The minimum atomic E-state index is 0.0330. The molecule has 1 heterocycles. The Bertz CT molecular complexity index is 625. The highest BCUT2D eigenvalue weighted by Crippen LogP contribution is 2.25. The van der Waals surface area contributed by atoms with Crippen molar-refractivity contribution in [3.63, 3.8) is 0 Å². The summed E-state index contributed by atoms with van der Waals surface area (Å²) in [7, 11) is 1.92. The second-order valence-corrected chi connectivity index (χ2v) is 6.84. The van der Waals surface area contributed by atoms with Crippen molar-refractivity contribution in [3.8, 4) is 10.6 Å². The highest BCUT2D eigenvalue weighted by atomic mass is 35.5. The number of halogens is 1. The number of hydrogen-bond donors (Lipinski definition) is 1. The maximum Gasteiger partial charge on any atom is 0.234 e. The van der Waals surface area contributed by atoms with E-state index in [1.165, 1.54) is 0 Å². The molecule has 2 rings (SSSR count). The molecule has 2 aromatic rings. The first-order valence-electron chi connectivity index (χ1n) is 7.12. The molecule has 118 valence electrons. The Morgan fingerprint density at radius 3 is 2.68 bits per heavy atom. The van der Waals surface area contributed by atoms with E-state index in [2.05, 4.69) is 10.3 Å². The molecular weight excluding hydrogens is 318 g/mol. The van der Waals surface area contributed by atoms with Crippen LogP contribution in [0.1, 0.15) is 19.5 Å². The molecule has 0 saturated carbocycles. The second kappa shape index (κ2) is 7.72. The molecule has 0 aliphatic heterocycles. The van der Waals surface area contributed by atoms with Crippen LogP contribution in [0, 0.1) is 0 Å². The number of nitrogens with zero attached hydrogens (tertiary/aromatic N) is 2. The van der Waals surface area contributed by atoms with Crippen molar-refractivity contribution in [2.45, 2.75) is 26.4 Å². The quantitative estimate of drug-likeness (QED) is 0.878. The average molecular weight is 338 g/mol. The molecule has 0 unspecified atom stereocenters. The number of carbonyl (C=O) groups excluding carboxylic acids is 1. The van der Waals surface area contributed by atoms with Gasteiger partial charge in [-0.2, -0.15) is 0 Å². The summed E-state index contributed by atoms with van der Waals surface area (Å²) < 4.78 is 0. The van der Waals surface area contributed by atoms with Gasteiger partial charge in [0.15, 0.2) is 0 Å². The zero-order valence-corrected chi connectivity index (χ0v) is 14.5. The molecule has 0 aliphatic carbocycles. The van der Waals surface area contributed by atoms with Crippen molar-refractivity contribution in [1.29, 1.82) is 0 Å². The highest BCUT2D eigenvalue weighted by molar-refractivity contribution is 7.13. The Balaban J connectivity index is 1.94. The fraction of sp³-hybridized carbons (Fsp3) is 0.375. The van der Waals surface area contributed by atoms with Crippen LogP contribution in [-0.4, -0.2) is 35.4 Å². The van der Waals surface area contributed by atoms with Crippen LogP contribution >= 0.6 is 22.9 Å². The van der Waals surface area contributed by atoms with E-state index in [0.717, 1.165) is 21.3 Å². The molecule has 1 N–H and O–H groups in total. The van der Waals surface area contributed by atoms with E-state index < -0.39 is 0 Å². The van der Waals surface area contributed by atoms with Crippen molar-refractivity contribution in [2.75, 3.05) is 13.6 Å². The first-order valence-corrected chi connectivity index (χ1v) is 8.38. The monoisotopic (exact) mass is 337 g/mol. The number of thiazole rings is 1. The fourth-order valence-corrected chi connectivity index (χ4v) is 2.99. The molecule has 0 fully saturated rings. The molecule has 0 saturated heterocycles. The maximum absolute atomic E-state index is 11.7. The normalized spacial score (nSPS) is 11.2. The minimum Gasteiger partial charge on any atom is -0.353 e. The fourth-order valence-electron chi connectivity index (χ4n) is 2.05. The lowest BCUT2D eigenvalue weighted by Gasteiger charge is -2.16. The lowest BCUT2D eigenvalue weighted by molar-refractivity contribution is -0.122. The number of hydrogen-bond acceptors (Lipinski definition) is 4. The standard InChI is InChI=1S/C16H20ClN3OS/c1-11(2)18-15(21)9-20(3)8-14-10-22-16(19-14)12-4-6-13(17)7-5-12/h4-7,10-11H,8-9H2,1-3H3,(H,18,21). The number of aromatic nitrogens is 1. The van der Waals surface area contributed by atoms with Crippen LogP contribution < -0.4 is 5.32 Å². The topological polar surface area (TPSA) is 45.2 Å². The number of likely N-dealkylation sites (N-methyl/N-ethyl adjacent to an activating group) is 1. The van der Waals surface area contributed by atoms with Crippen molar-refractivity contribution in [2.24, 2.45) is 0 Å². The van der Waals surface area contributed by atoms with Gasteiger partial charge in [0.05, 0.1) is 12.2 Å². The van der Waals surface area contributed by atoms with Crippen molar-refractivity contribution >= 4 is 28.8 Å². The largest absolute Gasteiger partial charge is 0.353 e. The van der Waals surface area contributed by atoms with Gasteiger partial charge in [-0.1, -0.05) is 23.7 Å². The zero-order valence-electron chi connectivity index (χ0n) is 13.0. The Morgan fingerprint density at radius 2 is 2.05 bits per heavy atom. The molecule has 0 radical (unpaired) electrons. The van der Waals surface area contributed by atoms with Gasteiger partial charge < -0.3 is 5.32 Å². The van der Waals surface area contributed by atoms with Gasteiger partial charge in [-0.3, -0.25) is 9.69 Å². The number of benzene rings is 1. The molecular formula is C16H20ClN3OS. The predicted molar refractivity (Wildman–Crippen MR) is 92.2 cm³/mol. The van der Waals surface area contributed by atoms with Crippen LogP contribution in [0.4, 0.5) is 0 Å². The van der Waals surface area contributed by atoms with Gasteiger partial charge in [0.25, 0.3) is 0 Å². The minimum absolute atomic E-state index is 0.0330. The molecule has 0 aliphatic rings. The van der Waals surface area contributed by atoms with Gasteiger partial charge in [0.2, 0.25) is 5.91 Å². The van der Waals surface area contributed by atoms with E-state index in [1.54, 1.807) is 11.3 Å². The number of carbonyl (C=O) groups is 1. The summed E-state index contributed by atoms with van der Waals surface area (Å²) in [6, 6.07) is 7.81. The SMILES string of the molecule is CC(C)NC(=O)CN(C)Cc1csc(-c2ccc(Cl)cc2)n1.